The first-order valence-corrected chi connectivity index (χ1v) is 4.08. The summed E-state index contributed by atoms with van der Waals surface area (Å²) in [6, 6.07) is 0. The molecule has 0 aromatic heterocycles. The van der Waals surface area contributed by atoms with Crippen molar-refractivity contribution in [3.05, 3.63) is 0 Å². The van der Waals surface area contributed by atoms with Crippen LogP contribution in [0.15, 0.2) is 0 Å². The summed E-state index contributed by atoms with van der Waals surface area (Å²) in [6.45, 7) is 0.451. The van der Waals surface area contributed by atoms with Gasteiger partial charge in [-0.3, -0.25) is 9.11 Å². The first-order chi connectivity index (χ1) is 3.56. The Labute approximate surface area is 50.3 Å². The summed E-state index contributed by atoms with van der Waals surface area (Å²) in [5.74, 6) is 0.212. The molecule has 0 aromatic carbocycles. The van der Waals surface area contributed by atoms with Crippen molar-refractivity contribution in [1.29, 1.82) is 0 Å². The van der Waals surface area contributed by atoms with Crippen molar-refractivity contribution in [1.82, 2.24) is 0 Å². The van der Waals surface area contributed by atoms with Crippen LogP contribution < -0.4 is 10.9 Å². The van der Waals surface area contributed by atoms with E-state index >= 15 is 0 Å². The molecule has 0 rings (SSSR count). The standard InChI is InChI=1S/C3H12N2O2S/c4-2-1-3-8(5,6)7/h6-7H,1-5H2. The van der Waals surface area contributed by atoms with Crippen LogP contribution in [0.3, 0.4) is 0 Å². The van der Waals surface area contributed by atoms with Crippen LogP contribution in [0.5, 0.6) is 0 Å². The number of rotatable bonds is 3. The Bertz CT molecular complexity index is 62.8. The summed E-state index contributed by atoms with van der Waals surface area (Å²) in [6.07, 6.45) is 0.568. The molecular formula is C3H12N2O2S. The van der Waals surface area contributed by atoms with E-state index in [2.05, 4.69) is 0 Å². The van der Waals surface area contributed by atoms with Gasteiger partial charge in [-0.05, 0) is 13.0 Å². The highest BCUT2D eigenvalue weighted by Crippen LogP contribution is 2.27. The average molecular weight is 140 g/mol. The fraction of sp³-hybridized carbons (Fsp3) is 1.00. The summed E-state index contributed by atoms with van der Waals surface area (Å²) in [4.78, 5) is 0. The van der Waals surface area contributed by atoms with Crippen molar-refractivity contribution < 1.29 is 9.11 Å². The predicted octanol–water partition coefficient (Wildman–Crippen LogP) is -0.0405. The van der Waals surface area contributed by atoms with E-state index in [9.17, 15) is 0 Å². The molecule has 6 N–H and O–H groups in total. The Hall–Kier alpha value is 0.190. The molecule has 0 fully saturated rings. The van der Waals surface area contributed by atoms with Crippen LogP contribution in [0.25, 0.3) is 0 Å². The quantitative estimate of drug-likeness (QED) is 0.442. The van der Waals surface area contributed by atoms with E-state index in [4.69, 9.17) is 20.0 Å². The van der Waals surface area contributed by atoms with Crippen LogP contribution in [0.2, 0.25) is 0 Å². The van der Waals surface area contributed by atoms with Gasteiger partial charge in [0.15, 0.2) is 0 Å². The maximum absolute atomic E-state index is 8.51. The lowest BCUT2D eigenvalue weighted by Crippen LogP contribution is -2.15. The lowest BCUT2D eigenvalue weighted by atomic mass is 10.5. The molecule has 52 valence electrons. The molecule has 5 heteroatoms. The highest BCUT2D eigenvalue weighted by Gasteiger charge is 2.00. The van der Waals surface area contributed by atoms with E-state index in [-0.39, 0.29) is 5.75 Å². The molecule has 0 amide bonds. The van der Waals surface area contributed by atoms with Gasteiger partial charge in [0.2, 0.25) is 0 Å². The van der Waals surface area contributed by atoms with E-state index in [1.165, 1.54) is 0 Å². The zero-order valence-corrected chi connectivity index (χ0v) is 5.40. The van der Waals surface area contributed by atoms with Gasteiger partial charge in [0.1, 0.15) is 0 Å². The molecule has 0 saturated carbocycles. The van der Waals surface area contributed by atoms with Gasteiger partial charge in [-0.2, -0.15) is 0 Å². The van der Waals surface area contributed by atoms with E-state index in [1.54, 1.807) is 0 Å². The fourth-order valence-electron chi connectivity index (χ4n) is 0.296. The Morgan fingerprint density at radius 2 is 1.88 bits per heavy atom. The monoisotopic (exact) mass is 140 g/mol. The van der Waals surface area contributed by atoms with Crippen LogP contribution in [0.4, 0.5) is 0 Å². The van der Waals surface area contributed by atoms with Crippen LogP contribution in [-0.2, 0) is 0 Å². The van der Waals surface area contributed by atoms with Gasteiger partial charge in [-0.15, -0.1) is 10.8 Å². The lowest BCUT2D eigenvalue weighted by Gasteiger charge is -2.25. The molecule has 0 aliphatic rings. The molecular weight excluding hydrogens is 128 g/mol. The van der Waals surface area contributed by atoms with Gasteiger partial charge >= 0.3 is 0 Å². The van der Waals surface area contributed by atoms with Gasteiger partial charge in [0, 0.05) is 0 Å². The third kappa shape index (κ3) is 6.19. The van der Waals surface area contributed by atoms with Crippen molar-refractivity contribution >= 4 is 10.8 Å². The third-order valence-corrected chi connectivity index (χ3v) is 1.54. The van der Waals surface area contributed by atoms with Crippen molar-refractivity contribution in [2.45, 2.75) is 6.42 Å². The molecule has 0 atom stereocenters. The largest absolute Gasteiger partial charge is 0.330 e. The van der Waals surface area contributed by atoms with Crippen molar-refractivity contribution in [3.63, 3.8) is 0 Å². The smallest absolute Gasteiger partial charge is 0.0537 e. The number of hydrogen-bond acceptors (Lipinski definition) is 4. The minimum atomic E-state index is -2.77. The fourth-order valence-corrected chi connectivity index (χ4v) is 0.887. The summed E-state index contributed by atoms with van der Waals surface area (Å²) in [5.41, 5.74) is 5.07. The second-order valence-corrected chi connectivity index (χ2v) is 3.41. The SMILES string of the molecule is NCCCS(N)(O)O. The Kier molecular flexibility index (Phi) is 3.34. The molecule has 0 spiro atoms. The average Bonchev–Trinajstić information content (AvgIpc) is 1.59. The zero-order chi connectivity index (χ0) is 6.62. The first kappa shape index (κ1) is 8.19. The normalized spacial score (nSPS) is 14.0. The van der Waals surface area contributed by atoms with Crippen molar-refractivity contribution in [2.75, 3.05) is 12.3 Å². The lowest BCUT2D eigenvalue weighted by molar-refractivity contribution is 0.487. The van der Waals surface area contributed by atoms with Crippen LogP contribution in [0.1, 0.15) is 6.42 Å². The van der Waals surface area contributed by atoms with Gasteiger partial charge in [0.25, 0.3) is 0 Å². The van der Waals surface area contributed by atoms with E-state index in [0.717, 1.165) is 0 Å². The van der Waals surface area contributed by atoms with E-state index in [0.29, 0.717) is 13.0 Å². The maximum Gasteiger partial charge on any atom is 0.0537 e. The Morgan fingerprint density at radius 3 is 2.00 bits per heavy atom. The number of hydrogen-bond donors (Lipinski definition) is 4. The molecule has 0 saturated heterocycles. The van der Waals surface area contributed by atoms with Gasteiger partial charge in [-0.1, -0.05) is 0 Å². The second kappa shape index (κ2) is 3.26. The van der Waals surface area contributed by atoms with Crippen molar-refractivity contribution in [3.8, 4) is 0 Å². The zero-order valence-electron chi connectivity index (χ0n) is 4.58. The summed E-state index contributed by atoms with van der Waals surface area (Å²) >= 11 is 0. The molecule has 4 nitrogen and oxygen atoms in total. The summed E-state index contributed by atoms with van der Waals surface area (Å²) in [7, 11) is -2.77. The van der Waals surface area contributed by atoms with Gasteiger partial charge in [0.05, 0.1) is 5.75 Å². The molecule has 0 radical (unpaired) electrons. The summed E-state index contributed by atoms with van der Waals surface area (Å²) in [5, 5.41) is 4.86. The molecule has 8 heavy (non-hydrogen) atoms. The van der Waals surface area contributed by atoms with Gasteiger partial charge in [-0.25, -0.2) is 5.14 Å². The van der Waals surface area contributed by atoms with E-state index in [1.807, 2.05) is 0 Å². The second-order valence-electron chi connectivity index (χ2n) is 1.56. The van der Waals surface area contributed by atoms with Gasteiger partial charge < -0.3 is 5.73 Å². The third-order valence-electron chi connectivity index (χ3n) is 0.649. The highest BCUT2D eigenvalue weighted by molar-refractivity contribution is 8.22. The minimum absolute atomic E-state index is 0.212. The first-order valence-electron chi connectivity index (χ1n) is 2.30. The maximum atomic E-state index is 8.51. The Balaban J connectivity index is 3.11. The highest BCUT2D eigenvalue weighted by atomic mass is 32.3. The molecule has 0 aliphatic heterocycles. The Morgan fingerprint density at radius 1 is 1.38 bits per heavy atom. The molecule has 0 aromatic rings. The molecule has 0 unspecified atom stereocenters. The molecule has 0 aliphatic carbocycles. The molecule has 0 heterocycles. The van der Waals surface area contributed by atoms with Crippen LogP contribution >= 0.6 is 10.8 Å². The van der Waals surface area contributed by atoms with Crippen LogP contribution in [-0.4, -0.2) is 21.4 Å². The van der Waals surface area contributed by atoms with E-state index < -0.39 is 10.8 Å². The molecule has 0 bridgehead atoms. The topological polar surface area (TPSA) is 92.5 Å². The van der Waals surface area contributed by atoms with Crippen molar-refractivity contribution in [2.24, 2.45) is 10.9 Å². The predicted molar refractivity (Wildman–Crippen MR) is 35.6 cm³/mol. The van der Waals surface area contributed by atoms with Crippen LogP contribution in [0, 0.1) is 0 Å². The summed E-state index contributed by atoms with van der Waals surface area (Å²) < 4.78 is 17.0. The number of nitrogens with two attached hydrogens (primary N) is 2. The minimum Gasteiger partial charge on any atom is -0.330 e.